The number of nitrogens with one attached hydrogen (secondary N) is 1. The first-order valence-electron chi connectivity index (χ1n) is 13.0. The van der Waals surface area contributed by atoms with Gasteiger partial charge in [-0.05, 0) is 79.0 Å². The van der Waals surface area contributed by atoms with E-state index in [0.717, 1.165) is 22.6 Å². The van der Waals surface area contributed by atoms with Crippen molar-refractivity contribution in [1.82, 2.24) is 15.2 Å². The number of carbonyl (C=O) groups is 1. The molecule has 2 aromatic carbocycles. The van der Waals surface area contributed by atoms with Crippen LogP contribution in [0.3, 0.4) is 0 Å². The van der Waals surface area contributed by atoms with Gasteiger partial charge in [0.1, 0.15) is 11.0 Å². The van der Waals surface area contributed by atoms with E-state index < -0.39 is 29.0 Å². The summed E-state index contributed by atoms with van der Waals surface area (Å²) in [5.41, 5.74) is -0.229. The number of alkyl halides is 3. The van der Waals surface area contributed by atoms with E-state index in [1.807, 2.05) is 24.3 Å². The lowest BCUT2D eigenvalue weighted by Gasteiger charge is -2.40. The summed E-state index contributed by atoms with van der Waals surface area (Å²) in [6.07, 6.45) is 1.34. The van der Waals surface area contributed by atoms with E-state index in [1.165, 1.54) is 6.20 Å². The van der Waals surface area contributed by atoms with Gasteiger partial charge < -0.3 is 5.32 Å². The van der Waals surface area contributed by atoms with Crippen molar-refractivity contribution in [3.63, 3.8) is 0 Å². The van der Waals surface area contributed by atoms with Crippen molar-refractivity contribution >= 4 is 29.4 Å². The van der Waals surface area contributed by atoms with Gasteiger partial charge in [0, 0.05) is 31.2 Å². The van der Waals surface area contributed by atoms with Crippen LogP contribution in [0.5, 0.6) is 0 Å². The Morgan fingerprint density at radius 3 is 2.54 bits per heavy atom. The van der Waals surface area contributed by atoms with Crippen LogP contribution in [0.1, 0.15) is 40.7 Å². The van der Waals surface area contributed by atoms with E-state index in [9.17, 15) is 18.0 Å². The predicted molar refractivity (Wildman–Crippen MR) is 148 cm³/mol. The summed E-state index contributed by atoms with van der Waals surface area (Å²) in [4.78, 5) is 20.4. The number of pyridine rings is 1. The molecular weight excluding hydrogens is 558 g/mol. The second-order valence-electron chi connectivity index (χ2n) is 10.3. The average Bonchev–Trinajstić information content (AvgIpc) is 3.28. The van der Waals surface area contributed by atoms with Gasteiger partial charge in [0.2, 0.25) is 0 Å². The molecule has 212 valence electrons. The maximum Gasteiger partial charge on any atom is 0.416 e. The number of hydrogen-bond acceptors (Lipinski definition) is 4. The number of fused-ring (bicyclic) bond motifs is 2. The molecule has 1 saturated heterocycles. The Kier molecular flexibility index (Phi) is 8.02. The largest absolute Gasteiger partial charge is 0.416 e. The van der Waals surface area contributed by atoms with Gasteiger partial charge in [0.25, 0.3) is 0 Å². The van der Waals surface area contributed by atoms with Crippen LogP contribution in [0.25, 0.3) is 6.08 Å². The Morgan fingerprint density at radius 1 is 1.15 bits per heavy atom. The Balaban J connectivity index is 1.35. The van der Waals surface area contributed by atoms with Gasteiger partial charge in [-0.15, -0.1) is 0 Å². The summed E-state index contributed by atoms with van der Waals surface area (Å²) in [6.45, 7) is 1.55. The van der Waals surface area contributed by atoms with E-state index >= 15 is 4.39 Å². The highest BCUT2D eigenvalue weighted by Crippen LogP contribution is 2.52. The molecule has 2 amide bonds. The zero-order valence-corrected chi connectivity index (χ0v) is 22.6. The minimum absolute atomic E-state index is 0.0514. The second-order valence-corrected chi connectivity index (χ2v) is 10.7. The van der Waals surface area contributed by atoms with E-state index in [0.29, 0.717) is 43.6 Å². The molecule has 0 radical (unpaired) electrons. The highest BCUT2D eigenvalue weighted by atomic mass is 35.5. The molecule has 5 rings (SSSR count). The third kappa shape index (κ3) is 6.06. The van der Waals surface area contributed by atoms with E-state index in [2.05, 4.69) is 21.3 Å². The van der Waals surface area contributed by atoms with E-state index in [-0.39, 0.29) is 29.5 Å². The van der Waals surface area contributed by atoms with Gasteiger partial charge in [0.05, 0.1) is 22.9 Å². The fourth-order valence-electron chi connectivity index (χ4n) is 5.64. The molecule has 3 heterocycles. The van der Waals surface area contributed by atoms with Gasteiger partial charge in [-0.3, -0.25) is 9.80 Å². The quantitative estimate of drug-likeness (QED) is 0.273. The highest BCUT2D eigenvalue weighted by molar-refractivity contribution is 6.29. The van der Waals surface area contributed by atoms with Crippen LogP contribution in [0.2, 0.25) is 5.15 Å². The molecule has 0 saturated carbocycles. The van der Waals surface area contributed by atoms with Gasteiger partial charge in [0.15, 0.2) is 0 Å². The molecular formula is C30H26ClF4N5O. The van der Waals surface area contributed by atoms with Crippen molar-refractivity contribution in [2.75, 3.05) is 31.1 Å². The van der Waals surface area contributed by atoms with Crippen LogP contribution >= 0.6 is 11.6 Å². The Bertz CT molecular complexity index is 1510. The predicted octanol–water partition coefficient (Wildman–Crippen LogP) is 6.54. The second kappa shape index (κ2) is 11.5. The Morgan fingerprint density at radius 2 is 1.88 bits per heavy atom. The van der Waals surface area contributed by atoms with Crippen LogP contribution in [0, 0.1) is 17.1 Å². The van der Waals surface area contributed by atoms with Gasteiger partial charge >= 0.3 is 12.2 Å². The van der Waals surface area contributed by atoms with Gasteiger partial charge in [-0.25, -0.2) is 14.2 Å². The maximum absolute atomic E-state index is 15.2. The number of hydrogen-bond donors (Lipinski definition) is 1. The molecule has 2 aliphatic rings. The number of amides is 2. The Labute approximate surface area is 239 Å². The zero-order chi connectivity index (χ0) is 29.2. The van der Waals surface area contributed by atoms with Gasteiger partial charge in [-0.2, -0.15) is 18.4 Å². The number of nitrogens with zero attached hydrogens (tertiary/aromatic N) is 4. The van der Waals surface area contributed by atoms with Crippen molar-refractivity contribution < 1.29 is 22.4 Å². The van der Waals surface area contributed by atoms with Crippen molar-refractivity contribution in [2.45, 2.75) is 31.0 Å². The fraction of sp³-hybridized carbons (Fsp3) is 0.300. The topological polar surface area (TPSA) is 72.3 Å². The summed E-state index contributed by atoms with van der Waals surface area (Å²) in [5, 5.41) is 11.9. The molecule has 41 heavy (non-hydrogen) atoms. The normalized spacial score (nSPS) is 16.6. The SMILES string of the molecule is N#Cc1ccc(C=CCN2CCC3(CC2)CN(C(=O)NCc2ccnc(Cl)c2)c2c(F)ccc(C(F)(F)F)c23)cc1. The molecule has 11 heteroatoms. The minimum Gasteiger partial charge on any atom is -0.334 e. The molecule has 0 bridgehead atoms. The third-order valence-electron chi connectivity index (χ3n) is 7.70. The van der Waals surface area contributed by atoms with Crippen molar-refractivity contribution in [3.8, 4) is 6.07 Å². The minimum atomic E-state index is -4.70. The lowest BCUT2D eigenvalue weighted by molar-refractivity contribution is -0.138. The summed E-state index contributed by atoms with van der Waals surface area (Å²) in [6, 6.07) is 13.3. The lowest BCUT2D eigenvalue weighted by atomic mass is 9.72. The monoisotopic (exact) mass is 583 g/mol. The maximum atomic E-state index is 15.2. The zero-order valence-electron chi connectivity index (χ0n) is 21.9. The summed E-state index contributed by atoms with van der Waals surface area (Å²) >= 11 is 5.91. The van der Waals surface area contributed by atoms with Crippen LogP contribution in [0.15, 0.2) is 60.8 Å². The number of benzene rings is 2. The molecule has 1 fully saturated rings. The molecule has 0 atom stereocenters. The average molecular weight is 584 g/mol. The number of carbonyl (C=O) groups excluding carboxylic acids is 1. The number of urea groups is 1. The highest BCUT2D eigenvalue weighted by Gasteiger charge is 2.52. The first-order valence-corrected chi connectivity index (χ1v) is 13.4. The number of aromatic nitrogens is 1. The third-order valence-corrected chi connectivity index (χ3v) is 7.91. The van der Waals surface area contributed by atoms with Crippen LogP contribution in [0.4, 0.5) is 28.0 Å². The number of nitriles is 1. The van der Waals surface area contributed by atoms with Crippen LogP contribution in [-0.2, 0) is 18.1 Å². The fourth-order valence-corrected chi connectivity index (χ4v) is 5.84. The first kappa shape index (κ1) is 28.6. The molecule has 2 aliphatic heterocycles. The summed E-state index contributed by atoms with van der Waals surface area (Å²) < 4.78 is 57.8. The van der Waals surface area contributed by atoms with Crippen molar-refractivity contribution in [1.29, 1.82) is 5.26 Å². The number of anilines is 1. The van der Waals surface area contributed by atoms with Crippen LogP contribution < -0.4 is 10.2 Å². The van der Waals surface area contributed by atoms with Crippen LogP contribution in [-0.4, -0.2) is 42.1 Å². The molecule has 1 aromatic heterocycles. The van der Waals surface area contributed by atoms with E-state index in [4.69, 9.17) is 16.9 Å². The standard InChI is InChI=1S/C30H26ClF4N5O/c31-25-16-22(9-12-37-25)18-38-28(41)40-19-29(26-23(30(33,34)35)7-8-24(32)27(26)40)10-14-39(15-11-29)13-1-2-20-3-5-21(17-36)6-4-20/h1-9,12,16H,10-11,13-15,18-19H2,(H,38,41). The summed E-state index contributed by atoms with van der Waals surface area (Å²) in [7, 11) is 0. The number of halogens is 5. The molecule has 3 aromatic rings. The molecule has 1 N–H and O–H groups in total. The summed E-state index contributed by atoms with van der Waals surface area (Å²) in [5.74, 6) is -0.861. The smallest absolute Gasteiger partial charge is 0.334 e. The Hall–Kier alpha value is -3.94. The lowest BCUT2D eigenvalue weighted by Crippen LogP contribution is -2.48. The van der Waals surface area contributed by atoms with E-state index in [1.54, 1.807) is 24.3 Å². The molecule has 0 aliphatic carbocycles. The number of piperidine rings is 1. The molecule has 0 unspecified atom stereocenters. The number of rotatable bonds is 5. The molecule has 1 spiro atoms. The molecule has 6 nitrogen and oxygen atoms in total. The first-order chi connectivity index (χ1) is 19.6. The number of likely N-dealkylation sites (tertiary alicyclic amines) is 1. The van der Waals surface area contributed by atoms with Crippen molar-refractivity contribution in [2.24, 2.45) is 0 Å². The van der Waals surface area contributed by atoms with Gasteiger partial charge in [-0.1, -0.05) is 35.9 Å². The van der Waals surface area contributed by atoms with Crippen molar-refractivity contribution in [3.05, 3.63) is 99.6 Å².